The minimum atomic E-state index is -0.403. The topological polar surface area (TPSA) is 311 Å². The molecule has 0 radical (unpaired) electrons. The highest BCUT2D eigenvalue weighted by atomic mass is 35.5. The van der Waals surface area contributed by atoms with Crippen LogP contribution in [-0.4, -0.2) is 201 Å². The van der Waals surface area contributed by atoms with E-state index >= 15 is 0 Å². The Bertz CT molecular complexity index is 7860. The fourth-order valence-electron chi connectivity index (χ4n) is 17.4. The molecule has 0 amide bonds. The number of piperazine rings is 4. The largest absolute Gasteiger partial charge is 0.422 e. The van der Waals surface area contributed by atoms with Crippen LogP contribution in [0.2, 0.25) is 5.02 Å². The summed E-state index contributed by atoms with van der Waals surface area (Å²) in [5.74, 6) is 0. The number of hydrogen-bond acceptors (Lipinski definition) is 26. The van der Waals surface area contributed by atoms with Crippen molar-refractivity contribution in [1.29, 1.82) is 0 Å². The second-order valence-corrected chi connectivity index (χ2v) is 36.1. The second-order valence-electron chi connectivity index (χ2n) is 34.7. The molecule has 19 aromatic rings. The van der Waals surface area contributed by atoms with Crippen molar-refractivity contribution in [2.75, 3.05) is 152 Å². The SMILES string of the molecule is CN(CCO)Cc1ccc2cc(-c3nc4ccccc4s3)c(=O)oc2c1.Cc1ccc2nc(-c3cc4ccc(N5CCN(C(C)C)CC5)cc4oc3=O)cn2c1.Cc1ccc2nc(-c3cc4ccc(N5CCN(C)CC5)cc4oc3=O)cn2c1.Cc1cn[nH]c1-c1cc2ccc(N3CCNCC3)cc2oc1=O.O=c1oc2cc(N3CCNCC3)ccc2cc1-c1cn2cccc(Cl)c2n1. The number of rotatable bonds is 14. The molecule has 6 aromatic carbocycles. The van der Waals surface area contributed by atoms with Crippen molar-refractivity contribution in [2.24, 2.45) is 0 Å². The van der Waals surface area contributed by atoms with Crippen LogP contribution < -0.4 is 58.4 Å². The average molecular weight is 1830 g/mol. The third-order valence-corrected chi connectivity index (χ3v) is 26.3. The number of thiazole rings is 1. The van der Waals surface area contributed by atoms with Gasteiger partial charge in [-0.25, -0.2) is 43.9 Å². The number of aromatic nitrogens is 9. The number of H-pyrrole nitrogens is 1. The van der Waals surface area contributed by atoms with E-state index in [1.807, 2.05) is 224 Å². The minimum Gasteiger partial charge on any atom is -0.422 e. The summed E-state index contributed by atoms with van der Waals surface area (Å²) < 4.78 is 34.9. The Hall–Kier alpha value is -14.2. The molecule has 4 saturated heterocycles. The first-order valence-electron chi connectivity index (χ1n) is 45.0. The van der Waals surface area contributed by atoms with E-state index in [0.29, 0.717) is 113 Å². The lowest BCUT2D eigenvalue weighted by Gasteiger charge is -2.38. The van der Waals surface area contributed by atoms with Crippen molar-refractivity contribution in [3.8, 4) is 55.6 Å². The van der Waals surface area contributed by atoms with Crippen LogP contribution in [-0.2, 0) is 6.54 Å². The molecule has 134 heavy (non-hydrogen) atoms. The quantitative estimate of drug-likeness (QED) is 0.0735. The summed E-state index contributed by atoms with van der Waals surface area (Å²) in [6.45, 7) is 27.6. The fraction of sp³-hybridized carbons (Fsp3) is 0.262. The Kier molecular flexibility index (Phi) is 25.9. The molecule has 682 valence electrons. The lowest BCUT2D eigenvalue weighted by Crippen LogP contribution is -2.48. The van der Waals surface area contributed by atoms with E-state index in [1.54, 1.807) is 22.9 Å². The normalized spacial score (nSPS) is 14.6. The maximum absolute atomic E-state index is 12.7. The molecule has 0 spiro atoms. The summed E-state index contributed by atoms with van der Waals surface area (Å²) in [7, 11) is 4.08. The van der Waals surface area contributed by atoms with E-state index in [4.69, 9.17) is 38.8 Å². The summed E-state index contributed by atoms with van der Waals surface area (Å²) in [6.07, 6.45) is 13.1. The van der Waals surface area contributed by atoms with E-state index in [1.165, 1.54) is 11.3 Å². The second kappa shape index (κ2) is 38.9. The standard InChI is InChI=1S/C24H26N4O2.C22H22N4O2.C20H17ClN4O2.C20H18N2O3S.C17H18N4O2/c1-16(2)26-8-10-27(11-9-26)19-6-5-18-12-20(24(29)30-22(18)13-19)21-15-28-14-17(3)4-7-23(28)25-21;1-15-3-6-21-23-19(14-26(21)13-15)18-11-16-4-5-17(12-20(16)28-22(18)27)25-9-7-24(2)8-10-25;21-16-2-1-7-25-12-17(23-19(16)25)15-10-13-3-4-14(11-18(13)27-20(15)26)24-8-5-22-6-9-24;1-22(8-9-23)12-13-6-7-14-11-15(20(24)25-17(14)10-13)19-21-16-4-2-3-5-18(16)26-19;1-11-10-19-20-16(11)14-8-12-2-3-13(9-15(12)23-17(14)22)21-6-4-18-5-7-21/h4-7,12-16H,8-11H2,1-3H3;3-6,11-14H,7-10H2,1-2H3;1-4,7,10-12,22H,5-6,8-9H2;2-7,10-11,23H,8-9,12H2,1H3;2-3,8-10,18H,4-7H2,1H3,(H,19,20). The fourth-order valence-corrected chi connectivity index (χ4v) is 18.6. The Morgan fingerprint density at radius 1 is 0.455 bits per heavy atom. The van der Waals surface area contributed by atoms with Crippen molar-refractivity contribution < 1.29 is 27.2 Å². The number of likely N-dealkylation sites (N-methyl/N-ethyl adjacent to an activating group) is 2. The predicted octanol–water partition coefficient (Wildman–Crippen LogP) is 15.7. The molecule has 0 saturated carbocycles. The third-order valence-electron chi connectivity index (χ3n) is 24.9. The lowest BCUT2D eigenvalue weighted by atomic mass is 10.1. The lowest BCUT2D eigenvalue weighted by molar-refractivity contribution is 0.209. The van der Waals surface area contributed by atoms with Gasteiger partial charge in [0, 0.05) is 235 Å². The summed E-state index contributed by atoms with van der Waals surface area (Å²) in [4.78, 5) is 97.2. The van der Waals surface area contributed by atoms with Crippen molar-refractivity contribution in [2.45, 2.75) is 47.2 Å². The van der Waals surface area contributed by atoms with Gasteiger partial charge >= 0.3 is 28.1 Å². The molecule has 23 rings (SSSR count). The number of imidazole rings is 3. The number of nitrogens with one attached hydrogen (secondary N) is 3. The third kappa shape index (κ3) is 19.5. The maximum atomic E-state index is 12.7. The van der Waals surface area contributed by atoms with E-state index < -0.39 is 5.63 Å². The monoisotopic (exact) mass is 1830 g/mol. The molecule has 31 heteroatoms. The number of para-hydroxylation sites is 1. The molecule has 29 nitrogen and oxygen atoms in total. The Balaban J connectivity index is 0.000000108. The molecular weight excluding hydrogens is 1730 g/mol. The van der Waals surface area contributed by atoms with Gasteiger partial charge in [-0.1, -0.05) is 48.0 Å². The summed E-state index contributed by atoms with van der Waals surface area (Å²) >= 11 is 7.68. The number of aliphatic hydroxyl groups is 1. The van der Waals surface area contributed by atoms with Gasteiger partial charge < -0.3 is 75.5 Å². The highest BCUT2D eigenvalue weighted by Gasteiger charge is 2.25. The Morgan fingerprint density at radius 2 is 0.888 bits per heavy atom. The van der Waals surface area contributed by atoms with E-state index in [-0.39, 0.29) is 29.1 Å². The van der Waals surface area contributed by atoms with Crippen LogP contribution in [0, 0.1) is 20.8 Å². The first-order chi connectivity index (χ1) is 65.1. The van der Waals surface area contributed by atoms with Crippen LogP contribution in [0.4, 0.5) is 22.7 Å². The van der Waals surface area contributed by atoms with Gasteiger partial charge in [0.25, 0.3) is 0 Å². The zero-order chi connectivity index (χ0) is 92.4. The van der Waals surface area contributed by atoms with Gasteiger partial charge in [0.05, 0.1) is 78.6 Å². The van der Waals surface area contributed by atoms with Gasteiger partial charge in [0.15, 0.2) is 5.65 Å². The number of fused-ring (bicyclic) bond motifs is 9. The average Bonchev–Trinajstić information content (AvgIpc) is 1.52. The zero-order valence-electron chi connectivity index (χ0n) is 75.4. The van der Waals surface area contributed by atoms with Crippen LogP contribution in [0.5, 0.6) is 0 Å². The van der Waals surface area contributed by atoms with Gasteiger partial charge in [0.1, 0.15) is 44.2 Å². The van der Waals surface area contributed by atoms with Crippen molar-refractivity contribution in [3.63, 3.8) is 0 Å². The van der Waals surface area contributed by atoms with Crippen LogP contribution in [0.3, 0.4) is 0 Å². The number of aromatic amines is 1. The highest BCUT2D eigenvalue weighted by Crippen LogP contribution is 2.35. The molecule has 0 aliphatic carbocycles. The molecule has 4 N–H and O–H groups in total. The summed E-state index contributed by atoms with van der Waals surface area (Å²) in [6, 6.07) is 59.3. The number of pyridine rings is 3. The number of nitrogens with zero attached hydrogens (tertiary/aromatic N) is 15. The first-order valence-corrected chi connectivity index (χ1v) is 46.2. The molecule has 4 fully saturated rings. The smallest absolute Gasteiger partial charge is 0.346 e. The van der Waals surface area contributed by atoms with Gasteiger partial charge in [-0.15, -0.1) is 11.3 Å². The van der Waals surface area contributed by atoms with Gasteiger partial charge in [0.2, 0.25) is 0 Å². The number of halogens is 1. The molecule has 17 heterocycles. The number of aliphatic hydroxyl groups excluding tert-OH is 1. The van der Waals surface area contributed by atoms with Crippen LogP contribution >= 0.6 is 22.9 Å². The van der Waals surface area contributed by atoms with Crippen molar-refractivity contribution in [1.82, 2.24) is 68.7 Å². The minimum absolute atomic E-state index is 0.116. The van der Waals surface area contributed by atoms with Crippen molar-refractivity contribution in [3.05, 3.63) is 305 Å². The maximum Gasteiger partial charge on any atom is 0.346 e. The highest BCUT2D eigenvalue weighted by molar-refractivity contribution is 7.21. The molecule has 13 aromatic heterocycles. The van der Waals surface area contributed by atoms with Gasteiger partial charge in [-0.3, -0.25) is 14.9 Å². The van der Waals surface area contributed by atoms with Crippen LogP contribution in [0.25, 0.3) is 138 Å². The van der Waals surface area contributed by atoms with Crippen molar-refractivity contribution >= 4 is 128 Å². The zero-order valence-corrected chi connectivity index (χ0v) is 77.0. The molecule has 4 aliphatic rings. The number of benzene rings is 6. The molecule has 0 atom stereocenters. The van der Waals surface area contributed by atoms with E-state index in [2.05, 4.69) is 115 Å². The molecule has 4 aliphatic heterocycles. The predicted molar refractivity (Wildman–Crippen MR) is 533 cm³/mol. The number of aryl methyl sites for hydroxylation is 3. The Morgan fingerprint density at radius 3 is 1.36 bits per heavy atom. The van der Waals surface area contributed by atoms with Gasteiger partial charge in [-0.2, -0.15) is 5.10 Å². The van der Waals surface area contributed by atoms with Gasteiger partial charge in [-0.05, 0) is 192 Å². The molecule has 0 unspecified atom stereocenters. The summed E-state index contributed by atoms with van der Waals surface area (Å²) in [5, 5.41) is 28.2. The summed E-state index contributed by atoms with van der Waals surface area (Å²) in [5.41, 5.74) is 17.8. The number of anilines is 4. The van der Waals surface area contributed by atoms with E-state index in [0.717, 1.165) is 198 Å². The Labute approximate surface area is 778 Å². The van der Waals surface area contributed by atoms with Crippen LogP contribution in [0.15, 0.2) is 271 Å². The number of hydrogen-bond donors (Lipinski definition) is 4. The molecular formula is C103H101ClN18O11S. The first kappa shape index (κ1) is 89.0. The van der Waals surface area contributed by atoms with Crippen LogP contribution in [0.1, 0.15) is 36.1 Å². The van der Waals surface area contributed by atoms with E-state index in [9.17, 15) is 24.0 Å². The molecule has 0 bridgehead atoms.